The third kappa shape index (κ3) is 4.29. The number of fused-ring (bicyclic) bond motifs is 3. The zero-order valence-corrected chi connectivity index (χ0v) is 16.7. The summed E-state index contributed by atoms with van der Waals surface area (Å²) in [6, 6.07) is 17.8. The summed E-state index contributed by atoms with van der Waals surface area (Å²) in [5.74, 6) is 5.02. The van der Waals surface area contributed by atoms with E-state index >= 15 is 0 Å². The van der Waals surface area contributed by atoms with Gasteiger partial charge in [-0.2, -0.15) is 4.39 Å². The molecule has 4 rings (SSSR count). The van der Waals surface area contributed by atoms with Crippen molar-refractivity contribution in [2.75, 3.05) is 13.2 Å². The van der Waals surface area contributed by atoms with Gasteiger partial charge >= 0.3 is 6.09 Å². The Labute approximate surface area is 179 Å². The first-order valence-corrected chi connectivity index (χ1v) is 9.90. The Hall–Kier alpha value is -3.36. The predicted molar refractivity (Wildman–Crippen MR) is 114 cm³/mol. The van der Waals surface area contributed by atoms with E-state index in [4.69, 9.17) is 16.3 Å². The number of hydrogen-bond donors (Lipinski definition) is 1. The molecule has 0 saturated heterocycles. The number of benzene rings is 2. The van der Waals surface area contributed by atoms with Crippen LogP contribution < -0.4 is 5.32 Å². The first-order valence-electron chi connectivity index (χ1n) is 9.52. The number of hydrogen-bond acceptors (Lipinski definition) is 3. The highest BCUT2D eigenvalue weighted by Gasteiger charge is 2.28. The molecule has 0 bridgehead atoms. The van der Waals surface area contributed by atoms with Crippen LogP contribution in [0.3, 0.4) is 0 Å². The summed E-state index contributed by atoms with van der Waals surface area (Å²) in [4.78, 5) is 15.6. The number of carbonyl (C=O) groups excluding carboxylic acids is 1. The van der Waals surface area contributed by atoms with E-state index < -0.39 is 12.0 Å². The second kappa shape index (κ2) is 8.98. The molecule has 0 unspecified atom stereocenters. The standard InChI is InChI=1S/C24H18ClFN2O2/c25-22-13-16(14-28-23(22)26)7-5-6-12-27-24(29)30-15-21-19-10-3-1-8-17(19)18-9-2-4-11-20(18)21/h1-4,8-11,13-14,21H,6,12,15H2,(H,27,29). The van der Waals surface area contributed by atoms with Crippen LogP contribution >= 0.6 is 11.6 Å². The van der Waals surface area contributed by atoms with E-state index in [9.17, 15) is 9.18 Å². The van der Waals surface area contributed by atoms with Gasteiger partial charge in [0.25, 0.3) is 0 Å². The van der Waals surface area contributed by atoms with Gasteiger partial charge in [-0.25, -0.2) is 9.78 Å². The normalized spacial score (nSPS) is 11.8. The van der Waals surface area contributed by atoms with Gasteiger partial charge in [-0.1, -0.05) is 72.0 Å². The molecule has 1 aliphatic carbocycles. The molecule has 3 aromatic rings. The van der Waals surface area contributed by atoms with Crippen LogP contribution in [0, 0.1) is 17.8 Å². The number of nitrogens with one attached hydrogen (secondary N) is 1. The van der Waals surface area contributed by atoms with Crippen molar-refractivity contribution in [3.8, 4) is 23.0 Å². The molecule has 1 aliphatic rings. The van der Waals surface area contributed by atoms with Crippen molar-refractivity contribution in [1.29, 1.82) is 0 Å². The van der Waals surface area contributed by atoms with Gasteiger partial charge in [-0.3, -0.25) is 0 Å². The molecule has 1 heterocycles. The molecule has 0 aliphatic heterocycles. The molecule has 1 amide bonds. The fourth-order valence-corrected chi connectivity index (χ4v) is 3.70. The average molecular weight is 421 g/mol. The van der Waals surface area contributed by atoms with Crippen LogP contribution in [0.15, 0.2) is 60.8 Å². The summed E-state index contributed by atoms with van der Waals surface area (Å²) in [6.07, 6.45) is 1.25. The van der Waals surface area contributed by atoms with Gasteiger partial charge in [0.1, 0.15) is 6.61 Å². The van der Waals surface area contributed by atoms with Gasteiger partial charge in [0.15, 0.2) is 0 Å². The highest BCUT2D eigenvalue weighted by molar-refractivity contribution is 6.30. The van der Waals surface area contributed by atoms with Crippen molar-refractivity contribution in [2.45, 2.75) is 12.3 Å². The second-order valence-corrected chi connectivity index (χ2v) is 7.21. The fourth-order valence-electron chi connectivity index (χ4n) is 3.53. The topological polar surface area (TPSA) is 51.2 Å². The first-order chi connectivity index (χ1) is 14.6. The Bertz CT molecular complexity index is 1110. The third-order valence-electron chi connectivity index (χ3n) is 4.89. The quantitative estimate of drug-likeness (QED) is 0.360. The lowest BCUT2D eigenvalue weighted by atomic mass is 9.98. The minimum atomic E-state index is -0.723. The number of rotatable bonds is 4. The highest BCUT2D eigenvalue weighted by atomic mass is 35.5. The van der Waals surface area contributed by atoms with Crippen LogP contribution in [-0.2, 0) is 4.74 Å². The molecule has 2 aromatic carbocycles. The summed E-state index contributed by atoms with van der Waals surface area (Å²) in [7, 11) is 0. The van der Waals surface area contributed by atoms with Crippen LogP contribution in [0.25, 0.3) is 11.1 Å². The molecule has 0 saturated carbocycles. The van der Waals surface area contributed by atoms with Gasteiger partial charge in [-0.05, 0) is 28.3 Å². The van der Waals surface area contributed by atoms with Gasteiger partial charge in [0.05, 0.1) is 5.02 Å². The molecule has 0 spiro atoms. The highest BCUT2D eigenvalue weighted by Crippen LogP contribution is 2.44. The Morgan fingerprint density at radius 2 is 1.80 bits per heavy atom. The third-order valence-corrected chi connectivity index (χ3v) is 5.16. The molecule has 1 aromatic heterocycles. The van der Waals surface area contributed by atoms with E-state index in [2.05, 4.69) is 46.4 Å². The lowest BCUT2D eigenvalue weighted by Gasteiger charge is -2.14. The lowest BCUT2D eigenvalue weighted by Crippen LogP contribution is -2.26. The zero-order valence-electron chi connectivity index (χ0n) is 16.0. The van der Waals surface area contributed by atoms with Crippen LogP contribution in [0.4, 0.5) is 9.18 Å². The Balaban J connectivity index is 1.29. The van der Waals surface area contributed by atoms with Crippen molar-refractivity contribution in [3.05, 3.63) is 88.5 Å². The SMILES string of the molecule is O=C(NCCC#Cc1cnc(F)c(Cl)c1)OCC1c2ccccc2-c2ccccc21. The van der Waals surface area contributed by atoms with Gasteiger partial charge in [0, 0.05) is 30.6 Å². The van der Waals surface area contributed by atoms with Gasteiger partial charge in [0.2, 0.25) is 5.95 Å². The molecule has 30 heavy (non-hydrogen) atoms. The number of alkyl carbamates (subject to hydrolysis) is 1. The number of aromatic nitrogens is 1. The largest absolute Gasteiger partial charge is 0.449 e. The summed E-state index contributed by atoms with van der Waals surface area (Å²) >= 11 is 5.67. The molecule has 0 fully saturated rings. The van der Waals surface area contributed by atoms with Crippen molar-refractivity contribution in [2.24, 2.45) is 0 Å². The first kappa shape index (κ1) is 19.9. The number of nitrogens with zero attached hydrogens (tertiary/aromatic N) is 1. The second-order valence-electron chi connectivity index (χ2n) is 6.80. The van der Waals surface area contributed by atoms with Crippen molar-refractivity contribution in [1.82, 2.24) is 10.3 Å². The van der Waals surface area contributed by atoms with E-state index in [1.54, 1.807) is 0 Å². The molecular weight excluding hydrogens is 403 g/mol. The number of pyridine rings is 1. The summed E-state index contributed by atoms with van der Waals surface area (Å²) in [6.45, 7) is 0.608. The van der Waals surface area contributed by atoms with E-state index in [0.717, 1.165) is 0 Å². The molecule has 150 valence electrons. The monoisotopic (exact) mass is 420 g/mol. The maximum atomic E-state index is 13.0. The summed E-state index contributed by atoms with van der Waals surface area (Å²) in [5, 5.41) is 2.63. The molecule has 4 nitrogen and oxygen atoms in total. The molecule has 0 radical (unpaired) electrons. The number of halogens is 2. The van der Waals surface area contributed by atoms with Crippen LogP contribution in [-0.4, -0.2) is 24.2 Å². The summed E-state index contributed by atoms with van der Waals surface area (Å²) in [5.41, 5.74) is 5.23. The smallest absolute Gasteiger partial charge is 0.407 e. The molecular formula is C24H18ClFN2O2. The van der Waals surface area contributed by atoms with E-state index in [0.29, 0.717) is 18.5 Å². The number of carbonyl (C=O) groups is 1. The Morgan fingerprint density at radius 1 is 1.13 bits per heavy atom. The molecule has 1 N–H and O–H groups in total. The zero-order chi connectivity index (χ0) is 20.9. The van der Waals surface area contributed by atoms with E-state index in [1.165, 1.54) is 34.5 Å². The van der Waals surface area contributed by atoms with Crippen LogP contribution in [0.1, 0.15) is 29.0 Å². The average Bonchev–Trinajstić information content (AvgIpc) is 3.08. The van der Waals surface area contributed by atoms with Crippen molar-refractivity contribution >= 4 is 17.7 Å². The van der Waals surface area contributed by atoms with Crippen LogP contribution in [0.5, 0.6) is 0 Å². The van der Waals surface area contributed by atoms with E-state index in [1.807, 2.05) is 24.3 Å². The van der Waals surface area contributed by atoms with Gasteiger partial charge in [-0.15, -0.1) is 0 Å². The predicted octanol–water partition coefficient (Wildman–Crippen LogP) is 5.15. The minimum Gasteiger partial charge on any atom is -0.449 e. The Morgan fingerprint density at radius 3 is 2.47 bits per heavy atom. The summed E-state index contributed by atoms with van der Waals surface area (Å²) < 4.78 is 18.5. The number of amides is 1. The lowest BCUT2D eigenvalue weighted by molar-refractivity contribution is 0.143. The van der Waals surface area contributed by atoms with Crippen molar-refractivity contribution in [3.63, 3.8) is 0 Å². The minimum absolute atomic E-state index is 0.0265. The Kier molecular flexibility index (Phi) is 5.97. The molecule has 6 heteroatoms. The molecule has 0 atom stereocenters. The van der Waals surface area contributed by atoms with Crippen LogP contribution in [0.2, 0.25) is 5.02 Å². The van der Waals surface area contributed by atoms with E-state index in [-0.39, 0.29) is 17.5 Å². The maximum absolute atomic E-state index is 13.0. The fraction of sp³-hybridized carbons (Fsp3) is 0.167. The maximum Gasteiger partial charge on any atom is 0.407 e. The number of ether oxygens (including phenoxy) is 1. The van der Waals surface area contributed by atoms with Crippen molar-refractivity contribution < 1.29 is 13.9 Å². The van der Waals surface area contributed by atoms with Gasteiger partial charge < -0.3 is 10.1 Å².